The Bertz CT molecular complexity index is 465. The lowest BCUT2D eigenvalue weighted by molar-refractivity contribution is -0.149. The van der Waals surface area contributed by atoms with E-state index >= 15 is 0 Å². The smallest absolute Gasteiger partial charge is 0.309 e. The van der Waals surface area contributed by atoms with Gasteiger partial charge in [0.2, 0.25) is 0 Å². The number of nitrogens with two attached hydrogens (primary N) is 1. The number of anilines is 1. The average molecular weight is 267 g/mol. The van der Waals surface area contributed by atoms with Gasteiger partial charge in [-0.1, -0.05) is 0 Å². The van der Waals surface area contributed by atoms with E-state index in [1.54, 1.807) is 11.8 Å². The predicted octanol–water partition coefficient (Wildman–Crippen LogP) is -0.198. The Morgan fingerprint density at radius 3 is 2.63 bits per heavy atom. The van der Waals surface area contributed by atoms with Crippen LogP contribution in [0.3, 0.4) is 0 Å². The maximum Gasteiger partial charge on any atom is 0.309 e. The van der Waals surface area contributed by atoms with Gasteiger partial charge in [-0.05, 0) is 19.8 Å². The predicted molar refractivity (Wildman–Crippen MR) is 66.1 cm³/mol. The third-order valence-electron chi connectivity index (χ3n) is 3.18. The summed E-state index contributed by atoms with van der Waals surface area (Å²) < 4.78 is 4.98. The molecule has 1 aromatic rings. The molecule has 1 aliphatic rings. The summed E-state index contributed by atoms with van der Waals surface area (Å²) in [6.45, 7) is 3.15. The maximum absolute atomic E-state index is 12.1. The molecular weight excluding hydrogens is 250 g/mol. The molecule has 0 aromatic carbocycles. The number of nitrogens with one attached hydrogen (secondary N) is 1. The molecule has 1 aromatic heterocycles. The zero-order valence-electron chi connectivity index (χ0n) is 10.8. The number of aromatic nitrogens is 3. The highest BCUT2D eigenvalue weighted by atomic mass is 16.5. The first-order chi connectivity index (χ1) is 9.13. The molecule has 0 bridgehead atoms. The van der Waals surface area contributed by atoms with Crippen LogP contribution in [0, 0.1) is 5.92 Å². The van der Waals surface area contributed by atoms with Crippen LogP contribution in [0.25, 0.3) is 0 Å². The number of ether oxygens (including phenoxy) is 1. The van der Waals surface area contributed by atoms with E-state index in [1.165, 1.54) is 0 Å². The molecule has 8 nitrogen and oxygen atoms in total. The molecule has 0 radical (unpaired) electrons. The first kappa shape index (κ1) is 13.3. The normalized spacial score (nSPS) is 16.4. The summed E-state index contributed by atoms with van der Waals surface area (Å²) >= 11 is 0. The van der Waals surface area contributed by atoms with Crippen LogP contribution >= 0.6 is 0 Å². The van der Waals surface area contributed by atoms with Gasteiger partial charge >= 0.3 is 5.97 Å². The molecule has 1 amide bonds. The average Bonchev–Trinajstić information content (AvgIpc) is 2.84. The van der Waals surface area contributed by atoms with Gasteiger partial charge in [0.05, 0.1) is 12.5 Å². The van der Waals surface area contributed by atoms with Crippen molar-refractivity contribution < 1.29 is 14.3 Å². The van der Waals surface area contributed by atoms with Crippen molar-refractivity contribution >= 4 is 17.7 Å². The molecule has 19 heavy (non-hydrogen) atoms. The Morgan fingerprint density at radius 2 is 2.11 bits per heavy atom. The number of amides is 1. The Labute approximate surface area is 110 Å². The second-order valence-electron chi connectivity index (χ2n) is 4.38. The first-order valence-corrected chi connectivity index (χ1v) is 6.25. The lowest BCUT2D eigenvalue weighted by Crippen LogP contribution is -2.41. The van der Waals surface area contributed by atoms with Gasteiger partial charge in [0.25, 0.3) is 5.91 Å². The number of hydrogen-bond donors (Lipinski definition) is 2. The van der Waals surface area contributed by atoms with Crippen LogP contribution in [0.4, 0.5) is 5.82 Å². The molecule has 0 saturated carbocycles. The number of carbonyl (C=O) groups is 2. The number of likely N-dealkylation sites (tertiary alicyclic amines) is 1. The van der Waals surface area contributed by atoms with E-state index in [-0.39, 0.29) is 29.3 Å². The second-order valence-corrected chi connectivity index (χ2v) is 4.38. The molecule has 0 atom stereocenters. The van der Waals surface area contributed by atoms with Gasteiger partial charge in [-0.3, -0.25) is 9.59 Å². The number of H-pyrrole nitrogens is 1. The quantitative estimate of drug-likeness (QED) is 0.733. The van der Waals surface area contributed by atoms with Gasteiger partial charge in [0.15, 0.2) is 11.5 Å². The summed E-state index contributed by atoms with van der Waals surface area (Å²) in [4.78, 5) is 25.3. The number of carbonyl (C=O) groups excluding carboxylic acids is 2. The summed E-state index contributed by atoms with van der Waals surface area (Å²) in [6.07, 6.45) is 1.20. The van der Waals surface area contributed by atoms with Crippen molar-refractivity contribution in [1.29, 1.82) is 0 Å². The van der Waals surface area contributed by atoms with Crippen molar-refractivity contribution in [2.75, 3.05) is 25.4 Å². The molecule has 1 saturated heterocycles. The summed E-state index contributed by atoms with van der Waals surface area (Å²) in [5.41, 5.74) is 5.67. The van der Waals surface area contributed by atoms with E-state index in [2.05, 4.69) is 15.4 Å². The number of rotatable bonds is 3. The zero-order chi connectivity index (χ0) is 13.8. The van der Waals surface area contributed by atoms with Gasteiger partial charge in [0.1, 0.15) is 0 Å². The second kappa shape index (κ2) is 5.68. The monoisotopic (exact) mass is 267 g/mol. The van der Waals surface area contributed by atoms with E-state index in [4.69, 9.17) is 10.5 Å². The molecule has 0 aliphatic carbocycles. The number of nitrogens with zero attached hydrogens (tertiary/aromatic N) is 3. The summed E-state index contributed by atoms with van der Waals surface area (Å²) in [5, 5.41) is 9.67. The van der Waals surface area contributed by atoms with E-state index in [1.807, 2.05) is 0 Å². The van der Waals surface area contributed by atoms with Crippen molar-refractivity contribution in [3.63, 3.8) is 0 Å². The van der Waals surface area contributed by atoms with Gasteiger partial charge in [-0.25, -0.2) is 0 Å². The number of nitrogen functional groups attached to an aromatic ring is 1. The molecule has 0 unspecified atom stereocenters. The van der Waals surface area contributed by atoms with E-state index in [0.717, 1.165) is 0 Å². The molecule has 2 heterocycles. The lowest BCUT2D eigenvalue weighted by Gasteiger charge is -2.30. The third kappa shape index (κ3) is 2.83. The molecule has 3 N–H and O–H groups in total. The highest BCUT2D eigenvalue weighted by Crippen LogP contribution is 2.20. The van der Waals surface area contributed by atoms with Gasteiger partial charge in [-0.15, -0.1) is 10.2 Å². The zero-order valence-corrected chi connectivity index (χ0v) is 10.8. The standard InChI is InChI=1S/C11H17N5O3/c1-2-19-11(18)7-3-5-16(6-4-7)10(17)8-9(12)14-15-13-8/h7H,2-6H2,1H3,(H3,12,13,14,15). The summed E-state index contributed by atoms with van der Waals surface area (Å²) in [5.74, 6) is -0.472. The molecule has 1 fully saturated rings. The lowest BCUT2D eigenvalue weighted by atomic mass is 9.97. The van der Waals surface area contributed by atoms with Crippen LogP contribution in [0.1, 0.15) is 30.3 Å². The van der Waals surface area contributed by atoms with Crippen molar-refractivity contribution in [3.05, 3.63) is 5.69 Å². The fourth-order valence-corrected chi connectivity index (χ4v) is 2.12. The topological polar surface area (TPSA) is 114 Å². The van der Waals surface area contributed by atoms with Crippen molar-refractivity contribution in [3.8, 4) is 0 Å². The maximum atomic E-state index is 12.1. The highest BCUT2D eigenvalue weighted by molar-refractivity contribution is 5.96. The Balaban J connectivity index is 1.92. The van der Waals surface area contributed by atoms with Gasteiger partial charge in [0, 0.05) is 13.1 Å². The Kier molecular flexibility index (Phi) is 3.98. The van der Waals surface area contributed by atoms with Crippen molar-refractivity contribution in [1.82, 2.24) is 20.3 Å². The molecule has 2 rings (SSSR count). The van der Waals surface area contributed by atoms with Gasteiger partial charge < -0.3 is 15.4 Å². The van der Waals surface area contributed by atoms with E-state index < -0.39 is 0 Å². The molecule has 0 spiro atoms. The molecule has 104 valence electrons. The van der Waals surface area contributed by atoms with Crippen LogP contribution in [-0.4, -0.2) is 51.9 Å². The number of hydrogen-bond acceptors (Lipinski definition) is 6. The minimum atomic E-state index is -0.256. The van der Waals surface area contributed by atoms with Crippen LogP contribution in [0.2, 0.25) is 0 Å². The fraction of sp³-hybridized carbons (Fsp3) is 0.636. The largest absolute Gasteiger partial charge is 0.466 e. The summed E-state index contributed by atoms with van der Waals surface area (Å²) in [6, 6.07) is 0. The number of esters is 1. The summed E-state index contributed by atoms with van der Waals surface area (Å²) in [7, 11) is 0. The van der Waals surface area contributed by atoms with Crippen LogP contribution in [0.15, 0.2) is 0 Å². The molecular formula is C11H17N5O3. The number of piperidine rings is 1. The van der Waals surface area contributed by atoms with Gasteiger partial charge in [-0.2, -0.15) is 5.21 Å². The van der Waals surface area contributed by atoms with Crippen LogP contribution in [-0.2, 0) is 9.53 Å². The first-order valence-electron chi connectivity index (χ1n) is 6.25. The minimum absolute atomic E-state index is 0.0949. The van der Waals surface area contributed by atoms with Crippen LogP contribution in [0.5, 0.6) is 0 Å². The third-order valence-corrected chi connectivity index (χ3v) is 3.18. The number of aromatic amines is 1. The van der Waals surface area contributed by atoms with E-state index in [0.29, 0.717) is 32.5 Å². The molecule has 1 aliphatic heterocycles. The SMILES string of the molecule is CCOC(=O)C1CCN(C(=O)c2n[nH]nc2N)CC1. The van der Waals surface area contributed by atoms with Crippen LogP contribution < -0.4 is 5.73 Å². The Hall–Kier alpha value is -2.12. The highest BCUT2D eigenvalue weighted by Gasteiger charge is 2.30. The van der Waals surface area contributed by atoms with Crippen molar-refractivity contribution in [2.24, 2.45) is 5.92 Å². The van der Waals surface area contributed by atoms with Crippen molar-refractivity contribution in [2.45, 2.75) is 19.8 Å². The molecule has 8 heteroatoms. The Morgan fingerprint density at radius 1 is 1.42 bits per heavy atom. The minimum Gasteiger partial charge on any atom is -0.466 e. The fourth-order valence-electron chi connectivity index (χ4n) is 2.12. The van der Waals surface area contributed by atoms with E-state index in [9.17, 15) is 9.59 Å².